The van der Waals surface area contributed by atoms with E-state index in [4.69, 9.17) is 4.74 Å². The monoisotopic (exact) mass is 771 g/mol. The van der Waals surface area contributed by atoms with Crippen molar-refractivity contribution in [2.75, 3.05) is 41.2 Å². The summed E-state index contributed by atoms with van der Waals surface area (Å²) in [6.07, 6.45) is -7.73. The molecular formula is C36H31F6N7O4S. The van der Waals surface area contributed by atoms with Crippen LogP contribution in [0.25, 0.3) is 32.9 Å². The van der Waals surface area contributed by atoms with E-state index in [1.54, 1.807) is 55.7 Å². The number of benzene rings is 3. The third kappa shape index (κ3) is 6.87. The van der Waals surface area contributed by atoms with Crippen molar-refractivity contribution in [3.05, 3.63) is 97.0 Å². The Balaban J connectivity index is 1.14. The molecule has 3 aromatic heterocycles. The van der Waals surface area contributed by atoms with E-state index in [2.05, 4.69) is 30.0 Å². The van der Waals surface area contributed by atoms with Crippen LogP contribution >= 0.6 is 0 Å². The van der Waals surface area contributed by atoms with Crippen molar-refractivity contribution >= 4 is 54.6 Å². The van der Waals surface area contributed by atoms with Crippen LogP contribution in [0.2, 0.25) is 0 Å². The van der Waals surface area contributed by atoms with Gasteiger partial charge in [-0.3, -0.25) is 14.4 Å². The Hall–Kier alpha value is -5.46. The predicted octanol–water partition coefficient (Wildman–Crippen LogP) is 7.19. The number of morpholine rings is 1. The van der Waals surface area contributed by atoms with Crippen molar-refractivity contribution in [2.24, 2.45) is 0 Å². The van der Waals surface area contributed by atoms with Gasteiger partial charge < -0.3 is 20.1 Å². The molecule has 54 heavy (non-hydrogen) atoms. The second-order valence-electron chi connectivity index (χ2n) is 12.7. The van der Waals surface area contributed by atoms with Gasteiger partial charge in [0.2, 0.25) is 0 Å². The van der Waals surface area contributed by atoms with E-state index >= 15 is 0 Å². The molecule has 0 amide bonds. The molecule has 0 unspecified atom stereocenters. The number of halogens is 6. The van der Waals surface area contributed by atoms with Crippen LogP contribution in [0.1, 0.15) is 5.56 Å². The molecule has 3 N–H and O–H groups in total. The van der Waals surface area contributed by atoms with Gasteiger partial charge in [0.1, 0.15) is 5.82 Å². The molecular weight excluding hydrogens is 740 g/mol. The molecule has 1 saturated heterocycles. The summed E-state index contributed by atoms with van der Waals surface area (Å²) in [5.41, 5.74) is -1.86. The lowest BCUT2D eigenvalue weighted by Crippen LogP contribution is -2.59. The number of nitrogens with zero attached hydrogens (tertiary/aromatic N) is 5. The quantitative estimate of drug-likeness (QED) is 0.131. The first kappa shape index (κ1) is 36.9. The summed E-state index contributed by atoms with van der Waals surface area (Å²) in [6.45, 7) is 2.10. The summed E-state index contributed by atoms with van der Waals surface area (Å²) in [5.74, 6) is 0.384. The van der Waals surface area contributed by atoms with Crippen LogP contribution in [0.3, 0.4) is 0 Å². The lowest BCUT2D eigenvalue weighted by Gasteiger charge is -2.32. The van der Waals surface area contributed by atoms with Crippen molar-refractivity contribution in [3.8, 4) is 11.3 Å². The number of aliphatic hydroxyl groups is 1. The van der Waals surface area contributed by atoms with Gasteiger partial charge in [-0.2, -0.15) is 31.4 Å². The highest BCUT2D eigenvalue weighted by Gasteiger charge is 2.70. The van der Waals surface area contributed by atoms with Crippen LogP contribution in [0.5, 0.6) is 0 Å². The Morgan fingerprint density at radius 1 is 0.870 bits per heavy atom. The van der Waals surface area contributed by atoms with Crippen molar-refractivity contribution in [2.45, 2.75) is 36.3 Å². The molecule has 4 heterocycles. The van der Waals surface area contributed by atoms with Crippen molar-refractivity contribution in [1.29, 1.82) is 0 Å². The molecule has 1 aliphatic rings. The molecule has 7 rings (SSSR count). The van der Waals surface area contributed by atoms with Gasteiger partial charge in [-0.25, -0.2) is 13.4 Å². The minimum atomic E-state index is -6.00. The van der Waals surface area contributed by atoms with Gasteiger partial charge in [0.15, 0.2) is 0 Å². The van der Waals surface area contributed by atoms with Crippen molar-refractivity contribution in [3.63, 3.8) is 0 Å². The number of nitrogens with one attached hydrogen (secondary N) is 2. The Morgan fingerprint density at radius 2 is 1.57 bits per heavy atom. The molecule has 0 aliphatic carbocycles. The van der Waals surface area contributed by atoms with Crippen LogP contribution in [0.15, 0.2) is 96.3 Å². The van der Waals surface area contributed by atoms with E-state index in [0.717, 1.165) is 11.9 Å². The highest BCUT2D eigenvalue weighted by Crippen LogP contribution is 2.45. The van der Waals surface area contributed by atoms with E-state index in [1.165, 1.54) is 24.3 Å². The van der Waals surface area contributed by atoms with Crippen molar-refractivity contribution in [1.82, 2.24) is 19.7 Å². The molecule has 0 radical (unpaired) electrons. The lowest BCUT2D eigenvalue weighted by atomic mass is 9.98. The van der Waals surface area contributed by atoms with E-state index in [9.17, 15) is 39.9 Å². The van der Waals surface area contributed by atoms with Crippen LogP contribution < -0.4 is 14.9 Å². The number of aromatic nitrogens is 4. The molecule has 3 aromatic carbocycles. The van der Waals surface area contributed by atoms with Gasteiger partial charge in [-0.1, -0.05) is 18.2 Å². The van der Waals surface area contributed by atoms with Crippen LogP contribution in [-0.4, -0.2) is 77.5 Å². The molecule has 11 nitrogen and oxygen atoms in total. The maximum absolute atomic E-state index is 13.4. The fourth-order valence-corrected chi connectivity index (χ4v) is 7.36. The van der Waals surface area contributed by atoms with Gasteiger partial charge in [-0.05, 0) is 67.1 Å². The number of sulfonamides is 1. The van der Waals surface area contributed by atoms with Gasteiger partial charge in [0.05, 0.1) is 53.4 Å². The average Bonchev–Trinajstić information content (AvgIpc) is 3.54. The Morgan fingerprint density at radius 3 is 2.28 bits per heavy atom. The summed E-state index contributed by atoms with van der Waals surface area (Å²) in [4.78, 5) is 11.1. The number of para-hydroxylation sites is 2. The standard InChI is InChI=1S/C36H31F6N7O4S/c1-22-26(10-11-30-28(22)20-45-49(30)21-34(50,35(37,38)39)36(40,41)42)33-27-18-32(44-19-23(27)12-13-43-33)46-24-6-8-25(9-7-24)54(51,52)47-29-4-2-3-5-31(29)48-14-16-53-17-15-48/h2-13,18-20,47,50H,14-17,21H2,1H3,(H,44,46). The highest BCUT2D eigenvalue weighted by molar-refractivity contribution is 7.92. The summed E-state index contributed by atoms with van der Waals surface area (Å²) >= 11 is 0. The molecule has 0 atom stereocenters. The first-order chi connectivity index (χ1) is 25.6. The normalized spacial score (nSPS) is 14.5. The van der Waals surface area contributed by atoms with E-state index < -0.39 is 34.5 Å². The zero-order valence-electron chi connectivity index (χ0n) is 28.3. The van der Waals surface area contributed by atoms with E-state index in [1.807, 2.05) is 12.1 Å². The van der Waals surface area contributed by atoms with E-state index in [-0.39, 0.29) is 15.8 Å². The smallest absolute Gasteiger partial charge is 0.378 e. The summed E-state index contributed by atoms with van der Waals surface area (Å²) in [6, 6.07) is 19.5. The first-order valence-corrected chi connectivity index (χ1v) is 17.9. The highest BCUT2D eigenvalue weighted by atomic mass is 32.2. The zero-order valence-corrected chi connectivity index (χ0v) is 29.1. The zero-order chi connectivity index (χ0) is 38.5. The molecule has 18 heteroatoms. The number of hydrogen-bond acceptors (Lipinski definition) is 9. The van der Waals surface area contributed by atoms with E-state index in [0.29, 0.717) is 75.8 Å². The largest absolute Gasteiger partial charge is 0.428 e. The molecule has 0 bridgehead atoms. The number of rotatable bonds is 9. The van der Waals surface area contributed by atoms with Gasteiger partial charge >= 0.3 is 12.4 Å². The Labute approximate surface area is 304 Å². The molecule has 0 spiro atoms. The summed E-state index contributed by atoms with van der Waals surface area (Å²) in [5, 5.41) is 18.2. The van der Waals surface area contributed by atoms with Crippen molar-refractivity contribution < 1.29 is 44.6 Å². The lowest BCUT2D eigenvalue weighted by molar-refractivity contribution is -0.372. The van der Waals surface area contributed by atoms with Crippen LogP contribution in [-0.2, 0) is 21.3 Å². The topological polar surface area (TPSA) is 134 Å². The average molecular weight is 772 g/mol. The summed E-state index contributed by atoms with van der Waals surface area (Å²) < 4.78 is 116. The number of alkyl halides is 6. The number of fused-ring (bicyclic) bond motifs is 2. The number of anilines is 4. The third-order valence-electron chi connectivity index (χ3n) is 9.25. The second-order valence-corrected chi connectivity index (χ2v) is 14.3. The number of ether oxygens (including phenoxy) is 1. The fraction of sp³-hybridized carbons (Fsp3) is 0.250. The number of hydrogen-bond donors (Lipinski definition) is 3. The fourth-order valence-electron chi connectivity index (χ4n) is 6.29. The number of pyridine rings is 2. The summed E-state index contributed by atoms with van der Waals surface area (Å²) in [7, 11) is -3.95. The SMILES string of the molecule is Cc1c(-c2nccc3cnc(Nc4ccc(S(=O)(=O)Nc5ccccc5N5CCOCC5)cc4)cc23)ccc2c1cnn2CC(O)(C(F)(F)F)C(F)(F)F. The second kappa shape index (κ2) is 13.7. The molecule has 6 aromatic rings. The minimum absolute atomic E-state index is 0.0402. The maximum atomic E-state index is 13.4. The first-order valence-electron chi connectivity index (χ1n) is 16.4. The van der Waals surface area contributed by atoms with Gasteiger partial charge in [0, 0.05) is 52.9 Å². The van der Waals surface area contributed by atoms with Gasteiger partial charge in [0.25, 0.3) is 15.6 Å². The van der Waals surface area contributed by atoms with Gasteiger partial charge in [-0.15, -0.1) is 0 Å². The Bertz CT molecular complexity index is 2440. The maximum Gasteiger partial charge on any atom is 0.428 e. The van der Waals surface area contributed by atoms with Crippen LogP contribution in [0.4, 0.5) is 49.2 Å². The molecule has 1 aliphatic heterocycles. The third-order valence-corrected chi connectivity index (χ3v) is 10.6. The van der Waals surface area contributed by atoms with Crippen LogP contribution in [0, 0.1) is 6.92 Å². The molecule has 1 fully saturated rings. The Kier molecular flexibility index (Phi) is 9.39. The minimum Gasteiger partial charge on any atom is -0.378 e. The molecule has 282 valence electrons. The predicted molar refractivity (Wildman–Crippen MR) is 190 cm³/mol. The molecule has 0 saturated carbocycles. The number of aryl methyl sites for hydroxylation is 1.